The van der Waals surface area contributed by atoms with E-state index in [-0.39, 0.29) is 28.7 Å². The van der Waals surface area contributed by atoms with Crippen LogP contribution in [0.3, 0.4) is 0 Å². The summed E-state index contributed by atoms with van der Waals surface area (Å²) in [4.78, 5) is 12.3. The minimum absolute atomic E-state index is 0.0889. The predicted octanol–water partition coefficient (Wildman–Crippen LogP) is 4.62. The summed E-state index contributed by atoms with van der Waals surface area (Å²) < 4.78 is 18.6. The van der Waals surface area contributed by atoms with Crippen LogP contribution in [-0.4, -0.2) is 13.0 Å². The molecular weight excluding hydrogens is 305 g/mol. The van der Waals surface area contributed by atoms with E-state index in [1.54, 1.807) is 6.07 Å². The maximum Gasteiger partial charge on any atom is 0.251 e. The lowest BCUT2D eigenvalue weighted by Crippen LogP contribution is -2.26. The van der Waals surface area contributed by atoms with E-state index in [0.29, 0.717) is 0 Å². The molecule has 0 fully saturated rings. The first-order valence-electron chi connectivity index (χ1n) is 7.97. The van der Waals surface area contributed by atoms with Crippen molar-refractivity contribution >= 4 is 5.91 Å². The Morgan fingerprint density at radius 1 is 1.12 bits per heavy atom. The molecule has 0 aromatic heterocycles. The molecule has 2 rings (SSSR count). The first-order valence-corrected chi connectivity index (χ1v) is 7.97. The summed E-state index contributed by atoms with van der Waals surface area (Å²) in [6, 6.07) is 12.2. The Hall–Kier alpha value is -2.36. The largest absolute Gasteiger partial charge is 0.494 e. The fraction of sp³-hybridized carbons (Fsp3) is 0.350. The van der Waals surface area contributed by atoms with Crippen LogP contribution in [0, 0.1) is 5.82 Å². The van der Waals surface area contributed by atoms with E-state index >= 15 is 0 Å². The zero-order valence-electron chi connectivity index (χ0n) is 14.8. The highest BCUT2D eigenvalue weighted by Gasteiger charge is 2.16. The molecule has 128 valence electrons. The highest BCUT2D eigenvalue weighted by Crippen LogP contribution is 2.24. The van der Waals surface area contributed by atoms with Gasteiger partial charge in [-0.05, 0) is 41.7 Å². The van der Waals surface area contributed by atoms with Crippen molar-refractivity contribution in [2.75, 3.05) is 7.11 Å². The highest BCUT2D eigenvalue weighted by atomic mass is 19.1. The SMILES string of the molecule is COc1ccc(C(=O)N[C@@H](C)c2ccc(C(C)(C)C)cc2)cc1F. The van der Waals surface area contributed by atoms with Crippen molar-refractivity contribution in [2.45, 2.75) is 39.2 Å². The van der Waals surface area contributed by atoms with Crippen molar-refractivity contribution in [3.05, 3.63) is 65.0 Å². The molecule has 0 unspecified atom stereocenters. The van der Waals surface area contributed by atoms with Gasteiger partial charge in [0, 0.05) is 5.56 Å². The average molecular weight is 329 g/mol. The minimum atomic E-state index is -0.549. The number of halogens is 1. The van der Waals surface area contributed by atoms with Crippen molar-refractivity contribution in [2.24, 2.45) is 0 Å². The number of rotatable bonds is 4. The molecule has 0 aliphatic carbocycles. The van der Waals surface area contributed by atoms with Crippen molar-refractivity contribution < 1.29 is 13.9 Å². The van der Waals surface area contributed by atoms with Gasteiger partial charge in [0.25, 0.3) is 5.91 Å². The van der Waals surface area contributed by atoms with Crippen LogP contribution in [-0.2, 0) is 5.41 Å². The van der Waals surface area contributed by atoms with Crippen molar-refractivity contribution in [1.29, 1.82) is 0 Å². The molecule has 0 spiro atoms. The molecule has 1 atom stereocenters. The molecular formula is C20H24FNO2. The van der Waals surface area contributed by atoms with Gasteiger partial charge in [0.1, 0.15) is 0 Å². The molecule has 3 nitrogen and oxygen atoms in total. The fourth-order valence-electron chi connectivity index (χ4n) is 2.44. The van der Waals surface area contributed by atoms with Gasteiger partial charge in [-0.25, -0.2) is 4.39 Å². The van der Waals surface area contributed by atoms with Crippen molar-refractivity contribution in [1.82, 2.24) is 5.32 Å². The van der Waals surface area contributed by atoms with Gasteiger partial charge < -0.3 is 10.1 Å². The van der Waals surface area contributed by atoms with Crippen LogP contribution in [0.2, 0.25) is 0 Å². The van der Waals surface area contributed by atoms with Gasteiger partial charge in [0.05, 0.1) is 13.2 Å². The molecule has 4 heteroatoms. The standard InChI is InChI=1S/C20H24FNO2/c1-13(14-6-9-16(10-7-14)20(2,3)4)22-19(23)15-8-11-18(24-5)17(21)12-15/h6-13H,1-5H3,(H,22,23)/t13-/m0/s1. The number of amides is 1. The Bertz CT molecular complexity index is 717. The minimum Gasteiger partial charge on any atom is -0.494 e. The Balaban J connectivity index is 2.10. The first-order chi connectivity index (χ1) is 11.2. The summed E-state index contributed by atoms with van der Waals surface area (Å²) in [5.41, 5.74) is 2.60. The second kappa shape index (κ2) is 7.04. The van der Waals surface area contributed by atoms with Gasteiger partial charge in [-0.15, -0.1) is 0 Å². The number of benzene rings is 2. The van der Waals surface area contributed by atoms with Crippen LogP contribution >= 0.6 is 0 Å². The van der Waals surface area contributed by atoms with E-state index in [2.05, 4.69) is 38.2 Å². The topological polar surface area (TPSA) is 38.3 Å². The van der Waals surface area contributed by atoms with Gasteiger partial charge in [-0.2, -0.15) is 0 Å². The van der Waals surface area contributed by atoms with Crippen LogP contribution in [0.5, 0.6) is 5.75 Å². The Morgan fingerprint density at radius 2 is 1.75 bits per heavy atom. The van der Waals surface area contributed by atoms with Crippen LogP contribution in [0.4, 0.5) is 4.39 Å². The maximum atomic E-state index is 13.7. The lowest BCUT2D eigenvalue weighted by atomic mass is 9.86. The molecule has 0 aliphatic rings. The zero-order chi connectivity index (χ0) is 17.9. The van der Waals surface area contributed by atoms with Gasteiger partial charge in [0.2, 0.25) is 0 Å². The Kier molecular flexibility index (Phi) is 5.27. The van der Waals surface area contributed by atoms with Crippen molar-refractivity contribution in [3.8, 4) is 5.75 Å². The van der Waals surface area contributed by atoms with E-state index in [1.165, 1.54) is 24.8 Å². The van der Waals surface area contributed by atoms with Gasteiger partial charge in [0.15, 0.2) is 11.6 Å². The smallest absolute Gasteiger partial charge is 0.251 e. The van der Waals surface area contributed by atoms with E-state index in [0.717, 1.165) is 5.56 Å². The van der Waals surface area contributed by atoms with E-state index in [4.69, 9.17) is 4.74 Å². The first kappa shape index (κ1) is 18.0. The van der Waals surface area contributed by atoms with Crippen LogP contribution < -0.4 is 10.1 Å². The second-order valence-corrected chi connectivity index (χ2v) is 6.92. The second-order valence-electron chi connectivity index (χ2n) is 6.92. The average Bonchev–Trinajstić information content (AvgIpc) is 2.54. The number of hydrogen-bond donors (Lipinski definition) is 1. The molecule has 0 aliphatic heterocycles. The molecule has 0 bridgehead atoms. The maximum absolute atomic E-state index is 13.7. The van der Waals surface area contributed by atoms with E-state index < -0.39 is 5.82 Å². The molecule has 2 aromatic carbocycles. The van der Waals surface area contributed by atoms with Crippen LogP contribution in [0.1, 0.15) is 55.2 Å². The molecule has 24 heavy (non-hydrogen) atoms. The summed E-state index contributed by atoms with van der Waals surface area (Å²) in [6.45, 7) is 8.38. The number of methoxy groups -OCH3 is 1. The third-order valence-electron chi connectivity index (χ3n) is 4.04. The molecule has 0 saturated carbocycles. The van der Waals surface area contributed by atoms with Gasteiger partial charge >= 0.3 is 0 Å². The van der Waals surface area contributed by atoms with Crippen molar-refractivity contribution in [3.63, 3.8) is 0 Å². The number of carbonyl (C=O) groups is 1. The van der Waals surface area contributed by atoms with Crippen LogP contribution in [0.15, 0.2) is 42.5 Å². The van der Waals surface area contributed by atoms with Crippen LogP contribution in [0.25, 0.3) is 0 Å². The number of hydrogen-bond acceptors (Lipinski definition) is 2. The molecule has 2 aromatic rings. The molecule has 0 heterocycles. The third-order valence-corrected chi connectivity index (χ3v) is 4.04. The molecule has 1 amide bonds. The summed E-state index contributed by atoms with van der Waals surface area (Å²) in [7, 11) is 1.39. The third kappa shape index (κ3) is 4.13. The van der Waals surface area contributed by atoms with Gasteiger partial charge in [-0.3, -0.25) is 4.79 Å². The van der Waals surface area contributed by atoms with E-state index in [9.17, 15) is 9.18 Å². The summed E-state index contributed by atoms with van der Waals surface area (Å²) in [5.74, 6) is -0.742. The molecule has 1 N–H and O–H groups in total. The summed E-state index contributed by atoms with van der Waals surface area (Å²) >= 11 is 0. The Labute approximate surface area is 142 Å². The number of carbonyl (C=O) groups excluding carboxylic acids is 1. The predicted molar refractivity (Wildman–Crippen MR) is 94.0 cm³/mol. The fourth-order valence-corrected chi connectivity index (χ4v) is 2.44. The quantitative estimate of drug-likeness (QED) is 0.888. The number of nitrogens with one attached hydrogen (secondary N) is 1. The molecule has 0 radical (unpaired) electrons. The van der Waals surface area contributed by atoms with Gasteiger partial charge in [-0.1, -0.05) is 45.0 Å². The Morgan fingerprint density at radius 3 is 2.25 bits per heavy atom. The zero-order valence-corrected chi connectivity index (χ0v) is 14.8. The number of ether oxygens (including phenoxy) is 1. The lowest BCUT2D eigenvalue weighted by Gasteiger charge is -2.20. The van der Waals surface area contributed by atoms with E-state index in [1.807, 2.05) is 19.1 Å². The lowest BCUT2D eigenvalue weighted by molar-refractivity contribution is 0.0939. The summed E-state index contributed by atoms with van der Waals surface area (Å²) in [5, 5.41) is 2.89. The summed E-state index contributed by atoms with van der Waals surface area (Å²) in [6.07, 6.45) is 0. The monoisotopic (exact) mass is 329 g/mol. The molecule has 0 saturated heterocycles. The highest BCUT2D eigenvalue weighted by molar-refractivity contribution is 5.94. The normalized spacial score (nSPS) is 12.6.